The van der Waals surface area contributed by atoms with Crippen molar-refractivity contribution in [3.63, 3.8) is 0 Å². The standard InChI is InChI=1S/C14H22N2O/c1-12-5-4-6-13(14(12)17)11-15-7-10-16-8-2-3-9-16/h4-6,15,17H,2-3,7-11H2,1H3. The van der Waals surface area contributed by atoms with Crippen molar-refractivity contribution in [3.8, 4) is 5.75 Å². The Balaban J connectivity index is 1.72. The van der Waals surface area contributed by atoms with Gasteiger partial charge in [-0.2, -0.15) is 0 Å². The number of para-hydroxylation sites is 1. The van der Waals surface area contributed by atoms with Crippen LogP contribution in [0.3, 0.4) is 0 Å². The lowest BCUT2D eigenvalue weighted by molar-refractivity contribution is 0.335. The van der Waals surface area contributed by atoms with E-state index in [9.17, 15) is 5.11 Å². The Morgan fingerprint density at radius 3 is 2.82 bits per heavy atom. The smallest absolute Gasteiger partial charge is 0.122 e. The number of phenolic OH excluding ortho intramolecular Hbond substituents is 1. The molecule has 0 aliphatic carbocycles. The summed E-state index contributed by atoms with van der Waals surface area (Å²) in [5, 5.41) is 13.3. The van der Waals surface area contributed by atoms with Gasteiger partial charge in [0.1, 0.15) is 5.75 Å². The summed E-state index contributed by atoms with van der Waals surface area (Å²) in [4.78, 5) is 2.49. The van der Waals surface area contributed by atoms with E-state index in [1.54, 1.807) is 0 Å². The Labute approximate surface area is 103 Å². The number of benzene rings is 1. The maximum absolute atomic E-state index is 9.86. The van der Waals surface area contributed by atoms with Gasteiger partial charge in [-0.3, -0.25) is 0 Å². The lowest BCUT2D eigenvalue weighted by Gasteiger charge is -2.15. The molecule has 0 aromatic heterocycles. The fourth-order valence-electron chi connectivity index (χ4n) is 2.33. The summed E-state index contributed by atoms with van der Waals surface area (Å²) >= 11 is 0. The molecule has 1 heterocycles. The minimum absolute atomic E-state index is 0.432. The van der Waals surface area contributed by atoms with Crippen LogP contribution in [0.25, 0.3) is 0 Å². The molecule has 1 aliphatic heterocycles. The van der Waals surface area contributed by atoms with Crippen molar-refractivity contribution in [1.29, 1.82) is 0 Å². The van der Waals surface area contributed by atoms with Crippen LogP contribution in [-0.4, -0.2) is 36.2 Å². The maximum atomic E-state index is 9.86. The minimum Gasteiger partial charge on any atom is -0.507 e. The first kappa shape index (κ1) is 12.4. The van der Waals surface area contributed by atoms with Crippen molar-refractivity contribution in [1.82, 2.24) is 10.2 Å². The van der Waals surface area contributed by atoms with Gasteiger partial charge in [0.05, 0.1) is 0 Å². The number of phenols is 1. The number of hydrogen-bond donors (Lipinski definition) is 2. The average molecular weight is 234 g/mol. The summed E-state index contributed by atoms with van der Waals surface area (Å²) in [7, 11) is 0. The van der Waals surface area contributed by atoms with Crippen molar-refractivity contribution < 1.29 is 5.11 Å². The number of hydrogen-bond acceptors (Lipinski definition) is 3. The third kappa shape index (κ3) is 3.45. The molecule has 1 aliphatic rings. The van der Waals surface area contributed by atoms with E-state index in [1.807, 2.05) is 25.1 Å². The fourth-order valence-corrected chi connectivity index (χ4v) is 2.33. The monoisotopic (exact) mass is 234 g/mol. The zero-order valence-electron chi connectivity index (χ0n) is 10.6. The molecular formula is C14H22N2O. The molecule has 1 aromatic carbocycles. The van der Waals surface area contributed by atoms with Crippen LogP contribution < -0.4 is 5.32 Å². The van der Waals surface area contributed by atoms with Crippen molar-refractivity contribution in [2.24, 2.45) is 0 Å². The molecule has 1 fully saturated rings. The van der Waals surface area contributed by atoms with Gasteiger partial charge in [-0.05, 0) is 38.4 Å². The molecule has 0 atom stereocenters. The molecular weight excluding hydrogens is 212 g/mol. The Kier molecular flexibility index (Phi) is 4.40. The fraction of sp³-hybridized carbons (Fsp3) is 0.571. The first-order valence-electron chi connectivity index (χ1n) is 6.48. The van der Waals surface area contributed by atoms with Crippen LogP contribution in [0.5, 0.6) is 5.75 Å². The largest absolute Gasteiger partial charge is 0.507 e. The van der Waals surface area contributed by atoms with E-state index in [0.717, 1.165) is 30.8 Å². The SMILES string of the molecule is Cc1cccc(CNCCN2CCCC2)c1O. The summed E-state index contributed by atoms with van der Waals surface area (Å²) in [5.74, 6) is 0.432. The third-order valence-corrected chi connectivity index (χ3v) is 3.44. The highest BCUT2D eigenvalue weighted by atomic mass is 16.3. The van der Waals surface area contributed by atoms with Crippen molar-refractivity contribution in [3.05, 3.63) is 29.3 Å². The van der Waals surface area contributed by atoms with E-state index in [1.165, 1.54) is 25.9 Å². The lowest BCUT2D eigenvalue weighted by Crippen LogP contribution is -2.29. The van der Waals surface area contributed by atoms with Crippen LogP contribution in [0, 0.1) is 6.92 Å². The molecule has 17 heavy (non-hydrogen) atoms. The minimum atomic E-state index is 0.432. The number of nitrogens with one attached hydrogen (secondary N) is 1. The zero-order valence-corrected chi connectivity index (χ0v) is 10.6. The molecule has 2 N–H and O–H groups in total. The van der Waals surface area contributed by atoms with Crippen LogP contribution in [0.2, 0.25) is 0 Å². The van der Waals surface area contributed by atoms with Crippen molar-refractivity contribution in [2.45, 2.75) is 26.3 Å². The highest BCUT2D eigenvalue weighted by molar-refractivity contribution is 5.39. The summed E-state index contributed by atoms with van der Waals surface area (Å²) in [5.41, 5.74) is 1.94. The van der Waals surface area contributed by atoms with E-state index < -0.39 is 0 Å². The van der Waals surface area contributed by atoms with Gasteiger partial charge in [-0.1, -0.05) is 18.2 Å². The van der Waals surface area contributed by atoms with Crippen molar-refractivity contribution >= 4 is 0 Å². The highest BCUT2D eigenvalue weighted by Crippen LogP contribution is 2.20. The topological polar surface area (TPSA) is 35.5 Å². The first-order chi connectivity index (χ1) is 8.27. The molecule has 0 radical (unpaired) electrons. The van der Waals surface area contributed by atoms with Crippen LogP contribution in [0.15, 0.2) is 18.2 Å². The third-order valence-electron chi connectivity index (χ3n) is 3.44. The maximum Gasteiger partial charge on any atom is 0.122 e. The second kappa shape index (κ2) is 6.03. The van der Waals surface area contributed by atoms with Crippen molar-refractivity contribution in [2.75, 3.05) is 26.2 Å². The highest BCUT2D eigenvalue weighted by Gasteiger charge is 2.10. The molecule has 3 heteroatoms. The Morgan fingerprint density at radius 2 is 2.06 bits per heavy atom. The van der Waals surface area contributed by atoms with Crippen LogP contribution in [0.1, 0.15) is 24.0 Å². The lowest BCUT2D eigenvalue weighted by atomic mass is 10.1. The van der Waals surface area contributed by atoms with E-state index >= 15 is 0 Å². The molecule has 0 amide bonds. The van der Waals surface area contributed by atoms with E-state index in [2.05, 4.69) is 10.2 Å². The van der Waals surface area contributed by atoms with Gasteiger partial charge in [0.2, 0.25) is 0 Å². The number of aromatic hydroxyl groups is 1. The number of nitrogens with zero attached hydrogens (tertiary/aromatic N) is 1. The van der Waals surface area contributed by atoms with E-state index in [4.69, 9.17) is 0 Å². The molecule has 1 aromatic rings. The molecule has 0 bridgehead atoms. The predicted molar refractivity (Wildman–Crippen MR) is 70.2 cm³/mol. The van der Waals surface area contributed by atoms with Crippen LogP contribution in [-0.2, 0) is 6.54 Å². The molecule has 1 saturated heterocycles. The number of aryl methyl sites for hydroxylation is 1. The average Bonchev–Trinajstić information content (AvgIpc) is 2.83. The second-order valence-corrected chi connectivity index (χ2v) is 4.81. The van der Waals surface area contributed by atoms with Crippen LogP contribution in [0.4, 0.5) is 0 Å². The Hall–Kier alpha value is -1.06. The van der Waals surface area contributed by atoms with E-state index in [-0.39, 0.29) is 0 Å². The van der Waals surface area contributed by atoms with Gasteiger partial charge in [-0.25, -0.2) is 0 Å². The number of likely N-dealkylation sites (tertiary alicyclic amines) is 1. The molecule has 0 saturated carbocycles. The van der Waals surface area contributed by atoms with Gasteiger partial charge >= 0.3 is 0 Å². The molecule has 94 valence electrons. The Morgan fingerprint density at radius 1 is 1.29 bits per heavy atom. The molecule has 3 nitrogen and oxygen atoms in total. The van der Waals surface area contributed by atoms with Gasteiger partial charge in [0.15, 0.2) is 0 Å². The normalized spacial score (nSPS) is 16.5. The van der Waals surface area contributed by atoms with Gasteiger partial charge in [0.25, 0.3) is 0 Å². The van der Waals surface area contributed by atoms with Gasteiger partial charge in [-0.15, -0.1) is 0 Å². The van der Waals surface area contributed by atoms with Crippen LogP contribution >= 0.6 is 0 Å². The quantitative estimate of drug-likeness (QED) is 0.764. The molecule has 2 rings (SSSR count). The zero-order chi connectivity index (χ0) is 12.1. The van der Waals surface area contributed by atoms with Gasteiger partial charge in [0, 0.05) is 25.2 Å². The number of rotatable bonds is 5. The first-order valence-corrected chi connectivity index (χ1v) is 6.48. The van der Waals surface area contributed by atoms with Gasteiger partial charge < -0.3 is 15.3 Å². The predicted octanol–water partition coefficient (Wildman–Crippen LogP) is 1.89. The summed E-state index contributed by atoms with van der Waals surface area (Å²) in [6, 6.07) is 5.90. The summed E-state index contributed by atoms with van der Waals surface area (Å²) < 4.78 is 0. The molecule has 0 unspecified atom stereocenters. The van der Waals surface area contributed by atoms with E-state index in [0.29, 0.717) is 5.75 Å². The summed E-state index contributed by atoms with van der Waals surface area (Å²) in [6.07, 6.45) is 2.69. The Bertz CT molecular complexity index is 359. The summed E-state index contributed by atoms with van der Waals surface area (Å²) in [6.45, 7) is 7.29. The molecule has 0 spiro atoms. The second-order valence-electron chi connectivity index (χ2n) is 4.81.